The second-order valence-corrected chi connectivity index (χ2v) is 5.60. The number of aromatic nitrogens is 2. The Morgan fingerprint density at radius 2 is 1.91 bits per heavy atom. The van der Waals surface area contributed by atoms with Gasteiger partial charge in [0.1, 0.15) is 5.75 Å². The molecular weight excluding hydrogens is 312 g/mol. The third kappa shape index (κ3) is 3.90. The molecule has 2 aromatic carbocycles. The highest BCUT2D eigenvalue weighted by Crippen LogP contribution is 2.26. The summed E-state index contributed by atoms with van der Waals surface area (Å²) < 4.78 is 11.1. The molecule has 0 atom stereocenters. The predicted molar refractivity (Wildman–Crippen MR) is 90.6 cm³/mol. The second-order valence-electron chi connectivity index (χ2n) is 5.16. The number of halogens is 1. The smallest absolute Gasteiger partial charge is 0.258 e. The minimum atomic E-state index is 0.468. The Kier molecular flexibility index (Phi) is 4.93. The fraction of sp³-hybridized carbons (Fsp3) is 0.222. The fourth-order valence-electron chi connectivity index (χ4n) is 2.11. The maximum atomic E-state index is 5.89. The van der Waals surface area contributed by atoms with Gasteiger partial charge in [-0.1, -0.05) is 36.2 Å². The molecule has 4 nitrogen and oxygen atoms in total. The van der Waals surface area contributed by atoms with E-state index in [1.54, 1.807) is 12.1 Å². The van der Waals surface area contributed by atoms with Gasteiger partial charge in [-0.15, -0.1) is 0 Å². The summed E-state index contributed by atoms with van der Waals surface area (Å²) in [6, 6.07) is 15.0. The number of ether oxygens (including phenoxy) is 1. The van der Waals surface area contributed by atoms with Crippen molar-refractivity contribution >= 4 is 11.6 Å². The third-order valence-corrected chi connectivity index (χ3v) is 3.63. The first-order valence-corrected chi connectivity index (χ1v) is 7.97. The van der Waals surface area contributed by atoms with Gasteiger partial charge in [0.15, 0.2) is 0 Å². The Hall–Kier alpha value is -2.33. The molecule has 0 fully saturated rings. The standard InChI is InChI=1S/C18H17ClN2O2/c1-2-3-11-22-16-6-4-5-14(12-16)18-20-17(21-23-18)13-7-9-15(19)10-8-13/h4-10,12H,2-3,11H2,1H3. The van der Waals surface area contributed by atoms with Gasteiger partial charge in [0.05, 0.1) is 6.61 Å². The molecule has 3 aromatic rings. The molecule has 0 saturated heterocycles. The highest BCUT2D eigenvalue weighted by Gasteiger charge is 2.11. The second kappa shape index (κ2) is 7.29. The molecule has 1 heterocycles. The van der Waals surface area contributed by atoms with Crippen LogP contribution in [0.4, 0.5) is 0 Å². The Balaban J connectivity index is 1.80. The quantitative estimate of drug-likeness (QED) is 0.581. The van der Waals surface area contributed by atoms with E-state index < -0.39 is 0 Å². The molecule has 0 saturated carbocycles. The number of unbranched alkanes of at least 4 members (excludes halogenated alkanes) is 1. The Labute approximate surface area is 140 Å². The summed E-state index contributed by atoms with van der Waals surface area (Å²) in [5.41, 5.74) is 1.70. The van der Waals surface area contributed by atoms with E-state index in [-0.39, 0.29) is 0 Å². The van der Waals surface area contributed by atoms with Crippen molar-refractivity contribution in [2.45, 2.75) is 19.8 Å². The highest BCUT2D eigenvalue weighted by molar-refractivity contribution is 6.30. The average molecular weight is 329 g/mol. The van der Waals surface area contributed by atoms with Crippen LogP contribution >= 0.6 is 11.6 Å². The Morgan fingerprint density at radius 3 is 2.70 bits per heavy atom. The van der Waals surface area contributed by atoms with Gasteiger partial charge in [-0.25, -0.2) is 0 Å². The van der Waals surface area contributed by atoms with Crippen molar-refractivity contribution < 1.29 is 9.26 Å². The van der Waals surface area contributed by atoms with E-state index in [0.717, 1.165) is 29.7 Å². The van der Waals surface area contributed by atoms with Crippen LogP contribution in [0.1, 0.15) is 19.8 Å². The van der Waals surface area contributed by atoms with E-state index in [4.69, 9.17) is 20.9 Å². The zero-order chi connectivity index (χ0) is 16.1. The minimum absolute atomic E-state index is 0.468. The molecule has 0 aliphatic carbocycles. The molecule has 5 heteroatoms. The van der Waals surface area contributed by atoms with Crippen LogP contribution in [0.15, 0.2) is 53.1 Å². The number of hydrogen-bond acceptors (Lipinski definition) is 4. The molecule has 0 aliphatic heterocycles. The van der Waals surface area contributed by atoms with Crippen LogP contribution in [-0.2, 0) is 0 Å². The number of nitrogens with zero attached hydrogens (tertiary/aromatic N) is 2. The van der Waals surface area contributed by atoms with Crippen LogP contribution in [0.2, 0.25) is 5.02 Å². The van der Waals surface area contributed by atoms with E-state index in [0.29, 0.717) is 23.3 Å². The number of rotatable bonds is 6. The summed E-state index contributed by atoms with van der Waals surface area (Å²) in [6.07, 6.45) is 2.14. The van der Waals surface area contributed by atoms with Gasteiger partial charge < -0.3 is 9.26 Å². The lowest BCUT2D eigenvalue weighted by molar-refractivity contribution is 0.309. The molecule has 0 spiro atoms. The molecule has 0 amide bonds. The van der Waals surface area contributed by atoms with Crippen LogP contribution in [0.3, 0.4) is 0 Å². The van der Waals surface area contributed by atoms with Gasteiger partial charge in [0.25, 0.3) is 5.89 Å². The van der Waals surface area contributed by atoms with Gasteiger partial charge >= 0.3 is 0 Å². The number of benzene rings is 2. The van der Waals surface area contributed by atoms with Crippen molar-refractivity contribution in [3.8, 4) is 28.6 Å². The van der Waals surface area contributed by atoms with Crippen LogP contribution in [0.5, 0.6) is 5.75 Å². The van der Waals surface area contributed by atoms with Crippen molar-refractivity contribution in [1.82, 2.24) is 10.1 Å². The van der Waals surface area contributed by atoms with Gasteiger partial charge in [-0.05, 0) is 48.9 Å². The first kappa shape index (κ1) is 15.6. The van der Waals surface area contributed by atoms with Crippen LogP contribution in [0, 0.1) is 0 Å². The topological polar surface area (TPSA) is 48.2 Å². The molecule has 0 unspecified atom stereocenters. The van der Waals surface area contributed by atoms with Crippen molar-refractivity contribution in [3.63, 3.8) is 0 Å². The lowest BCUT2D eigenvalue weighted by Crippen LogP contribution is -1.96. The normalized spacial score (nSPS) is 10.7. The fourth-order valence-corrected chi connectivity index (χ4v) is 2.24. The molecular formula is C18H17ClN2O2. The van der Waals surface area contributed by atoms with Crippen molar-refractivity contribution in [2.24, 2.45) is 0 Å². The van der Waals surface area contributed by atoms with E-state index in [2.05, 4.69) is 17.1 Å². The van der Waals surface area contributed by atoms with Crippen LogP contribution < -0.4 is 4.74 Å². The predicted octanol–water partition coefficient (Wildman–Crippen LogP) is 5.24. The van der Waals surface area contributed by atoms with Crippen LogP contribution in [0.25, 0.3) is 22.8 Å². The van der Waals surface area contributed by atoms with Crippen LogP contribution in [-0.4, -0.2) is 16.7 Å². The Bertz CT molecular complexity index is 769. The van der Waals surface area contributed by atoms with E-state index in [9.17, 15) is 0 Å². The van der Waals surface area contributed by atoms with Gasteiger partial charge in [0.2, 0.25) is 5.82 Å². The summed E-state index contributed by atoms with van der Waals surface area (Å²) >= 11 is 5.89. The molecule has 3 rings (SSSR count). The van der Waals surface area contributed by atoms with E-state index in [1.165, 1.54) is 0 Å². The first-order chi connectivity index (χ1) is 11.3. The third-order valence-electron chi connectivity index (χ3n) is 3.38. The summed E-state index contributed by atoms with van der Waals surface area (Å²) in [6.45, 7) is 2.84. The van der Waals surface area contributed by atoms with Gasteiger partial charge in [-0.3, -0.25) is 0 Å². The van der Waals surface area contributed by atoms with E-state index >= 15 is 0 Å². The van der Waals surface area contributed by atoms with Gasteiger partial charge in [-0.2, -0.15) is 4.98 Å². The molecule has 0 bridgehead atoms. The molecule has 1 aromatic heterocycles. The molecule has 23 heavy (non-hydrogen) atoms. The average Bonchev–Trinajstić information content (AvgIpc) is 3.06. The largest absolute Gasteiger partial charge is 0.494 e. The summed E-state index contributed by atoms with van der Waals surface area (Å²) in [5, 5.41) is 4.70. The lowest BCUT2D eigenvalue weighted by atomic mass is 10.2. The molecule has 0 aliphatic rings. The zero-order valence-corrected chi connectivity index (χ0v) is 13.6. The van der Waals surface area contributed by atoms with E-state index in [1.807, 2.05) is 36.4 Å². The van der Waals surface area contributed by atoms with Gasteiger partial charge in [0, 0.05) is 16.1 Å². The van der Waals surface area contributed by atoms with Crippen molar-refractivity contribution in [3.05, 3.63) is 53.6 Å². The monoisotopic (exact) mass is 328 g/mol. The van der Waals surface area contributed by atoms with Crippen molar-refractivity contribution in [1.29, 1.82) is 0 Å². The first-order valence-electron chi connectivity index (χ1n) is 7.59. The van der Waals surface area contributed by atoms with Crippen molar-refractivity contribution in [2.75, 3.05) is 6.61 Å². The number of hydrogen-bond donors (Lipinski definition) is 0. The molecule has 118 valence electrons. The summed E-state index contributed by atoms with van der Waals surface area (Å²) in [5.74, 6) is 1.81. The highest BCUT2D eigenvalue weighted by atomic mass is 35.5. The summed E-state index contributed by atoms with van der Waals surface area (Å²) in [7, 11) is 0. The minimum Gasteiger partial charge on any atom is -0.494 e. The Morgan fingerprint density at radius 1 is 1.09 bits per heavy atom. The maximum absolute atomic E-state index is 5.89. The molecule has 0 N–H and O–H groups in total. The SMILES string of the molecule is CCCCOc1cccc(-c2nc(-c3ccc(Cl)cc3)no2)c1. The molecule has 0 radical (unpaired) electrons. The zero-order valence-electron chi connectivity index (χ0n) is 12.8. The maximum Gasteiger partial charge on any atom is 0.258 e. The lowest BCUT2D eigenvalue weighted by Gasteiger charge is -2.05. The summed E-state index contributed by atoms with van der Waals surface area (Å²) in [4.78, 5) is 4.44.